The Balaban J connectivity index is 0.000000205. The molecule has 17 nitrogen and oxygen atoms in total. The topological polar surface area (TPSA) is 220 Å². The summed E-state index contributed by atoms with van der Waals surface area (Å²) < 4.78 is 8.73. The second-order valence-electron chi connectivity index (χ2n) is 17.8. The molecule has 2 atom stereocenters. The zero-order chi connectivity index (χ0) is 50.9. The normalized spacial score (nSPS) is 13.3. The fourth-order valence-corrected chi connectivity index (χ4v) is 9.65. The van der Waals surface area contributed by atoms with Gasteiger partial charge < -0.3 is 25.2 Å². The molecule has 2 aliphatic rings. The van der Waals surface area contributed by atoms with E-state index in [2.05, 4.69) is 92.2 Å². The molecule has 0 fully saturated rings. The van der Waals surface area contributed by atoms with Crippen LogP contribution in [0.1, 0.15) is 130 Å². The lowest BCUT2D eigenvalue weighted by Gasteiger charge is -2.30. The highest BCUT2D eigenvalue weighted by Crippen LogP contribution is 2.37. The first-order valence-corrected chi connectivity index (χ1v) is 24.1. The van der Waals surface area contributed by atoms with Crippen LogP contribution in [0, 0.1) is 13.8 Å². The van der Waals surface area contributed by atoms with Crippen LogP contribution in [0.5, 0.6) is 0 Å². The molecule has 3 N–H and O–H groups in total. The van der Waals surface area contributed by atoms with Gasteiger partial charge in [-0.3, -0.25) is 19.4 Å². The molecule has 386 valence electrons. The molecule has 0 bridgehead atoms. The van der Waals surface area contributed by atoms with Gasteiger partial charge in [0.15, 0.2) is 0 Å². The molecule has 10 rings (SSSR count). The fourth-order valence-electron chi connectivity index (χ4n) is 9.65. The first-order chi connectivity index (χ1) is 34.9. The monoisotopic (exact) mass is 1000 g/mol. The number of hydrogen-bond acceptors (Lipinski definition) is 12. The SMILES string of the molecule is C.C.CCn1nnc2c(C)c(C(CC(=O)O)c3ccc4c(c3)CN(C(=O)c3ccccn3)CC4)ccc21.CCn1nnc2c(C)c(C(CC(=O)OC)c3ccc4c(c3)CNCC4)ccc21.O=C(O)c1ccccn1. The highest BCUT2D eigenvalue weighted by molar-refractivity contribution is 5.92. The Morgan fingerprint density at radius 1 is 0.662 bits per heavy atom. The summed E-state index contributed by atoms with van der Waals surface area (Å²) in [6, 6.07) is 31.0. The van der Waals surface area contributed by atoms with Gasteiger partial charge in [0.05, 0.1) is 31.0 Å². The molecule has 8 aromatic rings. The molecule has 0 saturated heterocycles. The van der Waals surface area contributed by atoms with E-state index in [1.165, 1.54) is 36.1 Å². The standard InChI is InChI=1S/C27H27N5O3.C22H26N4O2.C6H5NO2.2CH4/c1-3-32-24-10-9-21(17(2)26(24)29-30-32)22(15-25(33)34)19-8-7-18-11-13-31(16-20(18)14-19)27(35)23-6-4-5-12-28-23;1-4-26-20-8-7-18(14(2)22(20)24-25-26)19(12-21(27)28-3)16-6-5-15-9-10-23-13-17(15)11-16;8-6(9)5-3-1-2-4-7-5;;/h4-10,12,14,22H,3,11,13,15-16H2,1-2H3,(H,33,34);5-8,11,19,23H,4,9-10,12-13H2,1-3H3;1-4H,(H,8,9);2*1H4. The zero-order valence-electron chi connectivity index (χ0n) is 41.1. The molecule has 6 heterocycles. The lowest BCUT2D eigenvalue weighted by atomic mass is 9.83. The average Bonchev–Trinajstić information content (AvgIpc) is 4.05. The number of carboxylic acids is 2. The van der Waals surface area contributed by atoms with Crippen LogP contribution >= 0.6 is 0 Å². The van der Waals surface area contributed by atoms with Gasteiger partial charge in [-0.05, 0) is 139 Å². The molecule has 4 aromatic carbocycles. The van der Waals surface area contributed by atoms with Crippen molar-refractivity contribution in [1.82, 2.24) is 50.2 Å². The van der Waals surface area contributed by atoms with Gasteiger partial charge in [-0.15, -0.1) is 10.2 Å². The van der Waals surface area contributed by atoms with Crippen LogP contribution in [-0.2, 0) is 53.3 Å². The summed E-state index contributed by atoms with van der Waals surface area (Å²) in [6.45, 7) is 12.6. The Morgan fingerprint density at radius 2 is 1.20 bits per heavy atom. The van der Waals surface area contributed by atoms with E-state index in [1.54, 1.807) is 35.4 Å². The highest BCUT2D eigenvalue weighted by Gasteiger charge is 2.28. The number of nitrogens with zero attached hydrogens (tertiary/aromatic N) is 9. The number of fused-ring (bicyclic) bond motifs is 4. The van der Waals surface area contributed by atoms with Crippen molar-refractivity contribution in [3.63, 3.8) is 0 Å². The van der Waals surface area contributed by atoms with Crippen LogP contribution in [-0.4, -0.2) is 99.1 Å². The summed E-state index contributed by atoms with van der Waals surface area (Å²) in [7, 11) is 1.44. The van der Waals surface area contributed by atoms with Crippen LogP contribution in [0.3, 0.4) is 0 Å². The molecule has 74 heavy (non-hydrogen) atoms. The average molecular weight is 1000 g/mol. The fraction of sp³-hybridized carbons (Fsp3) is 0.333. The second-order valence-corrected chi connectivity index (χ2v) is 17.8. The molecule has 17 heteroatoms. The van der Waals surface area contributed by atoms with Gasteiger partial charge >= 0.3 is 17.9 Å². The predicted molar refractivity (Wildman–Crippen MR) is 284 cm³/mol. The number of aliphatic carboxylic acids is 1. The van der Waals surface area contributed by atoms with E-state index in [0.717, 1.165) is 93.5 Å². The number of nitrogens with one attached hydrogen (secondary N) is 1. The van der Waals surface area contributed by atoms with E-state index in [1.807, 2.05) is 47.5 Å². The molecule has 2 aliphatic heterocycles. The van der Waals surface area contributed by atoms with Crippen molar-refractivity contribution in [1.29, 1.82) is 0 Å². The maximum Gasteiger partial charge on any atom is 0.354 e. The Bertz CT molecular complexity index is 3250. The number of hydrogen-bond donors (Lipinski definition) is 3. The summed E-state index contributed by atoms with van der Waals surface area (Å²) >= 11 is 0. The number of pyridine rings is 2. The highest BCUT2D eigenvalue weighted by atomic mass is 16.5. The first-order valence-electron chi connectivity index (χ1n) is 24.1. The minimum atomic E-state index is -0.990. The summed E-state index contributed by atoms with van der Waals surface area (Å²) in [5, 5.41) is 38.7. The molecule has 0 aliphatic carbocycles. The first kappa shape index (κ1) is 55.1. The van der Waals surface area contributed by atoms with E-state index >= 15 is 0 Å². The number of aromatic nitrogens is 8. The van der Waals surface area contributed by atoms with Crippen molar-refractivity contribution >= 4 is 45.9 Å². The third kappa shape index (κ3) is 12.2. The smallest absolute Gasteiger partial charge is 0.354 e. The molecular weight excluding hydrogens is 937 g/mol. The molecule has 0 spiro atoms. The van der Waals surface area contributed by atoms with E-state index in [9.17, 15) is 24.3 Å². The number of carboxylic acid groups (broad SMARTS) is 2. The van der Waals surface area contributed by atoms with Gasteiger partial charge in [0, 0.05) is 57.0 Å². The van der Waals surface area contributed by atoms with Gasteiger partial charge in [0.1, 0.15) is 22.4 Å². The van der Waals surface area contributed by atoms with Crippen molar-refractivity contribution in [3.05, 3.63) is 176 Å². The van der Waals surface area contributed by atoms with Crippen LogP contribution in [0.15, 0.2) is 109 Å². The number of amides is 1. The maximum absolute atomic E-state index is 13.0. The number of rotatable bonds is 12. The summed E-state index contributed by atoms with van der Waals surface area (Å²) in [4.78, 5) is 56.8. The molecular formula is C57H66N10O7. The minimum absolute atomic E-state index is 0. The van der Waals surface area contributed by atoms with Crippen LogP contribution in [0.2, 0.25) is 0 Å². The van der Waals surface area contributed by atoms with Gasteiger partial charge in [0.25, 0.3) is 5.91 Å². The van der Waals surface area contributed by atoms with Gasteiger partial charge in [-0.25, -0.2) is 19.1 Å². The van der Waals surface area contributed by atoms with E-state index in [4.69, 9.17) is 9.84 Å². The summed E-state index contributed by atoms with van der Waals surface area (Å²) in [5.41, 5.74) is 15.2. The molecule has 2 unspecified atom stereocenters. The molecule has 0 radical (unpaired) electrons. The minimum Gasteiger partial charge on any atom is -0.481 e. The van der Waals surface area contributed by atoms with Crippen LogP contribution < -0.4 is 5.32 Å². The Hall–Kier alpha value is -8.18. The number of ether oxygens (including phenoxy) is 1. The number of benzene rings is 4. The number of carbonyl (C=O) groups is 4. The molecule has 0 saturated carbocycles. The van der Waals surface area contributed by atoms with E-state index in [-0.39, 0.29) is 50.7 Å². The second kappa shape index (κ2) is 25.0. The van der Waals surface area contributed by atoms with Gasteiger partial charge in [-0.2, -0.15) is 0 Å². The summed E-state index contributed by atoms with van der Waals surface area (Å²) in [6.07, 6.45) is 5.13. The molecule has 1 amide bonds. The van der Waals surface area contributed by atoms with E-state index in [0.29, 0.717) is 31.7 Å². The van der Waals surface area contributed by atoms with Crippen molar-refractivity contribution < 1.29 is 34.1 Å². The Labute approximate surface area is 431 Å². The third-order valence-corrected chi connectivity index (χ3v) is 13.5. The zero-order valence-corrected chi connectivity index (χ0v) is 41.1. The van der Waals surface area contributed by atoms with Gasteiger partial charge in [-0.1, -0.05) is 85.9 Å². The lowest BCUT2D eigenvalue weighted by molar-refractivity contribution is -0.141. The quantitative estimate of drug-likeness (QED) is 0.0972. The van der Waals surface area contributed by atoms with Crippen molar-refractivity contribution in [2.45, 2.75) is 106 Å². The largest absolute Gasteiger partial charge is 0.481 e. The number of carbonyl (C=O) groups excluding carboxylic acids is 2. The number of esters is 1. The summed E-state index contributed by atoms with van der Waals surface area (Å²) in [5.74, 6) is -2.57. The van der Waals surface area contributed by atoms with Crippen molar-refractivity contribution in [2.75, 3.05) is 20.2 Å². The van der Waals surface area contributed by atoms with E-state index < -0.39 is 11.9 Å². The number of aryl methyl sites for hydroxylation is 4. The molecule has 4 aromatic heterocycles. The van der Waals surface area contributed by atoms with Crippen molar-refractivity contribution in [3.8, 4) is 0 Å². The maximum atomic E-state index is 13.0. The number of aromatic carboxylic acids is 1. The van der Waals surface area contributed by atoms with Crippen LogP contribution in [0.4, 0.5) is 0 Å². The number of methoxy groups -OCH3 is 1. The Morgan fingerprint density at radius 3 is 1.70 bits per heavy atom. The lowest BCUT2D eigenvalue weighted by Crippen LogP contribution is -2.36. The third-order valence-electron chi connectivity index (χ3n) is 13.5. The van der Waals surface area contributed by atoms with Crippen LogP contribution in [0.25, 0.3) is 22.1 Å². The van der Waals surface area contributed by atoms with Gasteiger partial charge in [0.2, 0.25) is 0 Å². The Kier molecular flexibility index (Phi) is 18.6. The van der Waals surface area contributed by atoms with Crippen molar-refractivity contribution in [2.24, 2.45) is 0 Å². The predicted octanol–water partition coefficient (Wildman–Crippen LogP) is 9.11.